The first-order valence-corrected chi connectivity index (χ1v) is 13.1. The number of anilines is 3. The number of aryl methyl sites for hydroxylation is 4. The van der Waals surface area contributed by atoms with E-state index in [-0.39, 0.29) is 26.1 Å². The lowest BCUT2D eigenvalue weighted by molar-refractivity contribution is 0.104. The first-order chi connectivity index (χ1) is 16.1. The fourth-order valence-electron chi connectivity index (χ4n) is 3.69. The summed E-state index contributed by atoms with van der Waals surface area (Å²) < 4.78 is 27.4. The standard InChI is InChI=1S/C27H26N2O3S2/c1-16-5-10-20(11-6-16)24(30)25-23(28)26(34(31,32)21-12-7-17(2)8-13-21)27(33-25)29-22-14-9-18(3)15-19(22)4/h5-15,29H,28H2,1-4H3. The molecule has 0 aliphatic rings. The van der Waals surface area contributed by atoms with Crippen molar-refractivity contribution in [1.29, 1.82) is 0 Å². The van der Waals surface area contributed by atoms with Crippen LogP contribution in [0.4, 0.5) is 16.4 Å². The maximum absolute atomic E-state index is 13.7. The Morgan fingerprint density at radius 2 is 1.38 bits per heavy atom. The number of hydrogen-bond acceptors (Lipinski definition) is 6. The second-order valence-electron chi connectivity index (χ2n) is 8.46. The highest BCUT2D eigenvalue weighted by Crippen LogP contribution is 2.44. The molecule has 4 aromatic rings. The Bertz CT molecular complexity index is 1480. The third-order valence-corrected chi connectivity index (χ3v) is 8.75. The predicted molar refractivity (Wildman–Crippen MR) is 139 cm³/mol. The van der Waals surface area contributed by atoms with E-state index in [1.807, 2.05) is 58.0 Å². The van der Waals surface area contributed by atoms with Gasteiger partial charge in [-0.1, -0.05) is 65.2 Å². The number of benzene rings is 3. The van der Waals surface area contributed by atoms with Gasteiger partial charge in [-0.15, -0.1) is 11.3 Å². The SMILES string of the molecule is Cc1ccc(C(=O)c2sc(Nc3ccc(C)cc3C)c(S(=O)(=O)c3ccc(C)cc3)c2N)cc1. The van der Waals surface area contributed by atoms with Gasteiger partial charge < -0.3 is 11.1 Å². The van der Waals surface area contributed by atoms with Crippen molar-refractivity contribution in [2.75, 3.05) is 11.1 Å². The van der Waals surface area contributed by atoms with Gasteiger partial charge in [-0.2, -0.15) is 0 Å². The summed E-state index contributed by atoms with van der Waals surface area (Å²) in [6.45, 7) is 7.76. The average Bonchev–Trinajstić information content (AvgIpc) is 3.12. The Hall–Kier alpha value is -3.42. The molecular formula is C27H26N2O3S2. The van der Waals surface area contributed by atoms with Crippen LogP contribution in [-0.4, -0.2) is 14.2 Å². The Labute approximate surface area is 204 Å². The molecule has 0 aliphatic carbocycles. The highest BCUT2D eigenvalue weighted by atomic mass is 32.2. The van der Waals surface area contributed by atoms with Gasteiger partial charge in [0, 0.05) is 11.3 Å². The lowest BCUT2D eigenvalue weighted by atomic mass is 10.1. The van der Waals surface area contributed by atoms with Crippen molar-refractivity contribution < 1.29 is 13.2 Å². The number of ketones is 1. The van der Waals surface area contributed by atoms with Gasteiger partial charge in [0.1, 0.15) is 14.8 Å². The first kappa shape index (κ1) is 23.7. The summed E-state index contributed by atoms with van der Waals surface area (Å²) in [4.78, 5) is 13.6. The van der Waals surface area contributed by atoms with Crippen molar-refractivity contribution in [3.8, 4) is 0 Å². The second kappa shape index (κ2) is 9.08. The zero-order chi connectivity index (χ0) is 24.6. The molecule has 5 nitrogen and oxygen atoms in total. The summed E-state index contributed by atoms with van der Waals surface area (Å²) in [5.74, 6) is -0.309. The zero-order valence-electron chi connectivity index (χ0n) is 19.5. The van der Waals surface area contributed by atoms with E-state index in [2.05, 4.69) is 5.32 Å². The van der Waals surface area contributed by atoms with Crippen molar-refractivity contribution in [3.05, 3.63) is 99.4 Å². The smallest absolute Gasteiger partial charge is 0.211 e. The highest BCUT2D eigenvalue weighted by Gasteiger charge is 2.31. The van der Waals surface area contributed by atoms with Gasteiger partial charge in [0.15, 0.2) is 0 Å². The first-order valence-electron chi connectivity index (χ1n) is 10.8. The molecule has 1 aromatic heterocycles. The number of hydrogen-bond donors (Lipinski definition) is 2. The van der Waals surface area contributed by atoms with Gasteiger partial charge in [-0.05, 0) is 51.5 Å². The molecule has 0 radical (unpaired) electrons. The third kappa shape index (κ3) is 4.49. The minimum Gasteiger partial charge on any atom is -0.396 e. The summed E-state index contributed by atoms with van der Waals surface area (Å²) in [7, 11) is -3.99. The van der Waals surface area contributed by atoms with E-state index in [0.717, 1.165) is 39.3 Å². The minimum atomic E-state index is -3.99. The minimum absolute atomic E-state index is 0.0385. The van der Waals surface area contributed by atoms with Crippen molar-refractivity contribution >= 4 is 43.3 Å². The lowest BCUT2D eigenvalue weighted by Gasteiger charge is -2.12. The maximum atomic E-state index is 13.7. The quantitative estimate of drug-likeness (QED) is 0.307. The van der Waals surface area contributed by atoms with Crippen LogP contribution in [0.15, 0.2) is 76.5 Å². The number of nitrogen functional groups attached to an aromatic ring is 1. The van der Waals surface area contributed by atoms with E-state index in [1.54, 1.807) is 36.4 Å². The molecule has 0 saturated heterocycles. The molecule has 7 heteroatoms. The average molecular weight is 491 g/mol. The molecule has 3 N–H and O–H groups in total. The summed E-state index contributed by atoms with van der Waals surface area (Å²) in [5, 5.41) is 3.56. The van der Waals surface area contributed by atoms with Crippen LogP contribution in [0.5, 0.6) is 0 Å². The molecule has 0 aliphatic heterocycles. The Morgan fingerprint density at radius 1 is 0.824 bits per heavy atom. The Balaban J connectivity index is 1.89. The van der Waals surface area contributed by atoms with Gasteiger partial charge in [0.05, 0.1) is 10.6 Å². The number of nitrogens with two attached hydrogens (primary N) is 1. The normalized spacial score (nSPS) is 11.4. The predicted octanol–water partition coefficient (Wildman–Crippen LogP) is 6.37. The number of nitrogens with one attached hydrogen (secondary N) is 1. The van der Waals surface area contributed by atoms with E-state index >= 15 is 0 Å². The molecule has 0 spiro atoms. The Kier molecular flexibility index (Phi) is 6.34. The van der Waals surface area contributed by atoms with E-state index in [4.69, 9.17) is 5.73 Å². The van der Waals surface area contributed by atoms with E-state index in [1.165, 1.54) is 0 Å². The lowest BCUT2D eigenvalue weighted by Crippen LogP contribution is -2.08. The molecule has 34 heavy (non-hydrogen) atoms. The molecule has 3 aromatic carbocycles. The summed E-state index contributed by atoms with van der Waals surface area (Å²) in [5.41, 5.74) is 11.6. The van der Waals surface area contributed by atoms with Crippen molar-refractivity contribution in [2.45, 2.75) is 37.5 Å². The van der Waals surface area contributed by atoms with Crippen LogP contribution in [-0.2, 0) is 9.84 Å². The van der Waals surface area contributed by atoms with Gasteiger partial charge in [0.2, 0.25) is 15.6 Å². The van der Waals surface area contributed by atoms with Crippen LogP contribution in [0.1, 0.15) is 37.5 Å². The zero-order valence-corrected chi connectivity index (χ0v) is 21.1. The van der Waals surface area contributed by atoms with Crippen molar-refractivity contribution in [1.82, 2.24) is 0 Å². The highest BCUT2D eigenvalue weighted by molar-refractivity contribution is 7.92. The number of rotatable bonds is 6. The van der Waals surface area contributed by atoms with Crippen LogP contribution in [0.25, 0.3) is 0 Å². The van der Waals surface area contributed by atoms with Crippen molar-refractivity contribution in [3.63, 3.8) is 0 Å². The summed E-state index contributed by atoms with van der Waals surface area (Å²) >= 11 is 1.06. The number of carbonyl (C=O) groups is 1. The molecule has 4 rings (SSSR count). The van der Waals surface area contributed by atoms with Crippen LogP contribution in [0.3, 0.4) is 0 Å². The topological polar surface area (TPSA) is 89.3 Å². The van der Waals surface area contributed by atoms with Gasteiger partial charge in [-0.3, -0.25) is 4.79 Å². The maximum Gasteiger partial charge on any atom is 0.211 e. The van der Waals surface area contributed by atoms with Crippen molar-refractivity contribution in [2.24, 2.45) is 0 Å². The van der Waals surface area contributed by atoms with E-state index < -0.39 is 9.84 Å². The largest absolute Gasteiger partial charge is 0.396 e. The van der Waals surface area contributed by atoms with E-state index in [9.17, 15) is 13.2 Å². The molecule has 0 atom stereocenters. The van der Waals surface area contributed by atoms with Crippen LogP contribution >= 0.6 is 11.3 Å². The molecule has 0 fully saturated rings. The molecule has 0 bridgehead atoms. The van der Waals surface area contributed by atoms with E-state index in [0.29, 0.717) is 10.6 Å². The monoisotopic (exact) mass is 490 g/mol. The fourth-order valence-corrected chi connectivity index (χ4v) is 6.62. The van der Waals surface area contributed by atoms with Gasteiger partial charge in [0.25, 0.3) is 0 Å². The molecule has 0 unspecified atom stereocenters. The molecule has 0 saturated carbocycles. The summed E-state index contributed by atoms with van der Waals surface area (Å²) in [6.07, 6.45) is 0. The van der Waals surface area contributed by atoms with Gasteiger partial charge >= 0.3 is 0 Å². The number of thiophene rings is 1. The van der Waals surface area contributed by atoms with Crippen LogP contribution < -0.4 is 11.1 Å². The molecular weight excluding hydrogens is 464 g/mol. The molecule has 0 amide bonds. The van der Waals surface area contributed by atoms with Gasteiger partial charge in [-0.25, -0.2) is 8.42 Å². The Morgan fingerprint density at radius 3 is 1.97 bits per heavy atom. The fraction of sp³-hybridized carbons (Fsp3) is 0.148. The molecule has 174 valence electrons. The van der Waals surface area contributed by atoms with Crippen LogP contribution in [0, 0.1) is 27.7 Å². The second-order valence-corrected chi connectivity index (χ2v) is 11.4. The van der Waals surface area contributed by atoms with Crippen LogP contribution in [0.2, 0.25) is 0 Å². The number of sulfone groups is 1. The summed E-state index contributed by atoms with van der Waals surface area (Å²) in [6, 6.07) is 19.6. The molecule has 1 heterocycles. The number of carbonyl (C=O) groups excluding carboxylic acids is 1. The third-order valence-electron chi connectivity index (χ3n) is 5.65.